The van der Waals surface area contributed by atoms with Crippen LogP contribution in [0.1, 0.15) is 27.7 Å². The van der Waals surface area contributed by atoms with Crippen LogP contribution in [-0.4, -0.2) is 18.6 Å². The Labute approximate surface area is 72.8 Å². The number of carbonyl (C=O) groups is 1. The summed E-state index contributed by atoms with van der Waals surface area (Å²) in [5.41, 5.74) is 6.57. The molecule has 0 aromatic heterocycles. The normalized spacial score (nSPS) is 13.7. The molecule has 0 aromatic carbocycles. The second-order valence-corrected chi connectivity index (χ2v) is 3.97. The molecule has 0 aliphatic heterocycles. The Bertz CT molecular complexity index is 172. The number of esters is 1. The highest BCUT2D eigenvalue weighted by molar-refractivity contribution is 5.75. The van der Waals surface area contributed by atoms with Crippen LogP contribution in [0.2, 0.25) is 0 Å². The lowest BCUT2D eigenvalue weighted by atomic mass is 9.99. The maximum Gasteiger partial charge on any atom is 0.332 e. The molecule has 0 amide bonds. The zero-order valence-electron chi connectivity index (χ0n) is 8.05. The van der Waals surface area contributed by atoms with Crippen molar-refractivity contribution < 1.29 is 9.53 Å². The molecule has 1 N–H and O–H groups in total. The maximum absolute atomic E-state index is 11.0. The smallest absolute Gasteiger partial charge is 0.332 e. The van der Waals surface area contributed by atoms with E-state index in [0.717, 1.165) is 0 Å². The third kappa shape index (κ3) is 4.82. The van der Waals surface area contributed by atoms with E-state index in [1.165, 1.54) is 6.92 Å². The van der Waals surface area contributed by atoms with Crippen molar-refractivity contribution in [2.75, 3.05) is 6.61 Å². The SMILES string of the molecule is C[C@H](N=N)C(=O)OCC(C)(C)C. The van der Waals surface area contributed by atoms with Gasteiger partial charge in [0, 0.05) is 0 Å². The number of hydrogen-bond acceptors (Lipinski definition) is 4. The van der Waals surface area contributed by atoms with Crippen LogP contribution in [0.4, 0.5) is 0 Å². The van der Waals surface area contributed by atoms with Crippen LogP contribution >= 0.6 is 0 Å². The molecule has 4 nitrogen and oxygen atoms in total. The predicted octanol–water partition coefficient (Wildman–Crippen LogP) is 2.00. The van der Waals surface area contributed by atoms with Gasteiger partial charge in [-0.15, -0.1) is 0 Å². The van der Waals surface area contributed by atoms with E-state index in [2.05, 4.69) is 5.11 Å². The standard InChI is InChI=1S/C8H16N2O2/c1-6(10-9)7(11)12-5-8(2,3)4/h6,9H,5H2,1-4H3/t6-/m0/s1. The fourth-order valence-electron chi connectivity index (χ4n) is 0.461. The average Bonchev–Trinajstić information content (AvgIpc) is 1.97. The van der Waals surface area contributed by atoms with Crippen LogP contribution in [0.15, 0.2) is 5.11 Å². The Morgan fingerprint density at radius 2 is 2.08 bits per heavy atom. The number of nitrogens with zero attached hydrogens (tertiary/aromatic N) is 1. The van der Waals surface area contributed by atoms with E-state index in [-0.39, 0.29) is 5.41 Å². The van der Waals surface area contributed by atoms with Crippen LogP contribution in [-0.2, 0) is 9.53 Å². The first-order valence-corrected chi connectivity index (χ1v) is 3.90. The van der Waals surface area contributed by atoms with Crippen molar-refractivity contribution in [2.45, 2.75) is 33.7 Å². The van der Waals surface area contributed by atoms with Crippen molar-refractivity contribution in [3.05, 3.63) is 0 Å². The Morgan fingerprint density at radius 1 is 1.58 bits per heavy atom. The molecule has 0 unspecified atom stereocenters. The number of carbonyl (C=O) groups excluding carboxylic acids is 1. The van der Waals surface area contributed by atoms with Gasteiger partial charge in [0.2, 0.25) is 0 Å². The molecule has 70 valence electrons. The van der Waals surface area contributed by atoms with Crippen LogP contribution in [0, 0.1) is 10.9 Å². The summed E-state index contributed by atoms with van der Waals surface area (Å²) in [7, 11) is 0. The molecule has 12 heavy (non-hydrogen) atoms. The van der Waals surface area contributed by atoms with E-state index >= 15 is 0 Å². The third-order valence-corrected chi connectivity index (χ3v) is 1.18. The van der Waals surface area contributed by atoms with Crippen molar-refractivity contribution in [2.24, 2.45) is 10.5 Å². The zero-order valence-corrected chi connectivity index (χ0v) is 8.05. The van der Waals surface area contributed by atoms with E-state index < -0.39 is 12.0 Å². The van der Waals surface area contributed by atoms with Crippen molar-refractivity contribution in [1.29, 1.82) is 5.53 Å². The minimum atomic E-state index is -0.674. The minimum absolute atomic E-state index is 0.0304. The largest absolute Gasteiger partial charge is 0.464 e. The van der Waals surface area contributed by atoms with Crippen LogP contribution in [0.5, 0.6) is 0 Å². The number of hydrogen-bond donors (Lipinski definition) is 1. The molecule has 0 aliphatic rings. The Morgan fingerprint density at radius 3 is 2.42 bits per heavy atom. The molecule has 0 radical (unpaired) electrons. The fourth-order valence-corrected chi connectivity index (χ4v) is 0.461. The highest BCUT2D eigenvalue weighted by atomic mass is 16.5. The summed E-state index contributed by atoms with van der Waals surface area (Å²) in [6, 6.07) is -0.674. The average molecular weight is 172 g/mol. The summed E-state index contributed by atoms with van der Waals surface area (Å²) >= 11 is 0. The lowest BCUT2D eigenvalue weighted by Gasteiger charge is -2.18. The van der Waals surface area contributed by atoms with Gasteiger partial charge in [-0.05, 0) is 12.3 Å². The van der Waals surface area contributed by atoms with Crippen molar-refractivity contribution in [3.63, 3.8) is 0 Å². The van der Waals surface area contributed by atoms with Crippen molar-refractivity contribution in [1.82, 2.24) is 0 Å². The quantitative estimate of drug-likeness (QED) is 0.522. The highest BCUT2D eigenvalue weighted by Gasteiger charge is 2.17. The number of nitrogens with one attached hydrogen (secondary N) is 1. The first-order chi connectivity index (χ1) is 5.37. The van der Waals surface area contributed by atoms with Gasteiger partial charge in [-0.1, -0.05) is 20.8 Å². The molecule has 0 fully saturated rings. The molecule has 0 bridgehead atoms. The third-order valence-electron chi connectivity index (χ3n) is 1.18. The van der Waals surface area contributed by atoms with Gasteiger partial charge in [-0.2, -0.15) is 5.11 Å². The molecule has 0 saturated heterocycles. The molecule has 0 rings (SSSR count). The van der Waals surface area contributed by atoms with Gasteiger partial charge in [0.05, 0.1) is 6.61 Å². The predicted molar refractivity (Wildman–Crippen MR) is 45.0 cm³/mol. The first-order valence-electron chi connectivity index (χ1n) is 3.90. The van der Waals surface area contributed by atoms with E-state index in [0.29, 0.717) is 6.61 Å². The summed E-state index contributed by atoms with van der Waals surface area (Å²) in [4.78, 5) is 11.0. The van der Waals surface area contributed by atoms with Gasteiger partial charge in [-0.3, -0.25) is 0 Å². The van der Waals surface area contributed by atoms with Gasteiger partial charge in [0.15, 0.2) is 6.04 Å². The van der Waals surface area contributed by atoms with E-state index in [1.807, 2.05) is 20.8 Å². The number of rotatable bonds is 3. The van der Waals surface area contributed by atoms with Gasteiger partial charge in [0.25, 0.3) is 0 Å². The monoisotopic (exact) mass is 172 g/mol. The van der Waals surface area contributed by atoms with Crippen LogP contribution < -0.4 is 0 Å². The van der Waals surface area contributed by atoms with Gasteiger partial charge in [0.1, 0.15) is 0 Å². The zero-order chi connectivity index (χ0) is 9.78. The summed E-state index contributed by atoms with van der Waals surface area (Å²) < 4.78 is 4.91. The highest BCUT2D eigenvalue weighted by Crippen LogP contribution is 2.13. The molecule has 0 heterocycles. The second-order valence-electron chi connectivity index (χ2n) is 3.97. The van der Waals surface area contributed by atoms with Crippen LogP contribution in [0.25, 0.3) is 0 Å². The summed E-state index contributed by atoms with van der Waals surface area (Å²) in [5.74, 6) is -0.431. The lowest BCUT2D eigenvalue weighted by Crippen LogP contribution is -2.23. The lowest BCUT2D eigenvalue weighted by molar-refractivity contribution is -0.147. The molecule has 0 aromatic rings. The van der Waals surface area contributed by atoms with Gasteiger partial charge < -0.3 is 4.74 Å². The molecular weight excluding hydrogens is 156 g/mol. The minimum Gasteiger partial charge on any atom is -0.464 e. The molecule has 0 spiro atoms. The Hall–Kier alpha value is -0.930. The Kier molecular flexibility index (Phi) is 3.86. The number of ether oxygens (including phenoxy) is 1. The van der Waals surface area contributed by atoms with E-state index in [1.54, 1.807) is 0 Å². The molecule has 4 heteroatoms. The maximum atomic E-state index is 11.0. The first kappa shape index (κ1) is 11.1. The van der Waals surface area contributed by atoms with E-state index in [9.17, 15) is 4.79 Å². The van der Waals surface area contributed by atoms with Crippen molar-refractivity contribution in [3.8, 4) is 0 Å². The molecule has 0 saturated carbocycles. The molecule has 0 aliphatic carbocycles. The van der Waals surface area contributed by atoms with Crippen molar-refractivity contribution >= 4 is 5.97 Å². The summed E-state index contributed by atoms with van der Waals surface area (Å²) in [6.45, 7) is 7.83. The topological polar surface area (TPSA) is 62.5 Å². The van der Waals surface area contributed by atoms with Gasteiger partial charge >= 0.3 is 5.97 Å². The fraction of sp³-hybridized carbons (Fsp3) is 0.875. The van der Waals surface area contributed by atoms with E-state index in [4.69, 9.17) is 10.3 Å². The summed E-state index contributed by atoms with van der Waals surface area (Å²) in [5, 5.41) is 3.06. The summed E-state index contributed by atoms with van der Waals surface area (Å²) in [6.07, 6.45) is 0. The molecule has 1 atom stereocenters. The Balaban J connectivity index is 3.80. The van der Waals surface area contributed by atoms with Gasteiger partial charge in [-0.25, -0.2) is 10.3 Å². The molecular formula is C8H16N2O2. The van der Waals surface area contributed by atoms with Crippen LogP contribution in [0.3, 0.4) is 0 Å². The second kappa shape index (κ2) is 4.18.